The van der Waals surface area contributed by atoms with Gasteiger partial charge in [-0.3, -0.25) is 4.79 Å². The minimum absolute atomic E-state index is 0.105. The monoisotopic (exact) mass is 420 g/mol. The second kappa shape index (κ2) is 16.5. The lowest BCUT2D eigenvalue weighted by Gasteiger charge is -2.33. The highest BCUT2D eigenvalue weighted by Crippen LogP contribution is 2.17. The Kier molecular flexibility index (Phi) is 14.2. The Morgan fingerprint density at radius 3 is 2.33 bits per heavy atom. The van der Waals surface area contributed by atoms with Crippen molar-refractivity contribution in [2.75, 3.05) is 31.5 Å². The van der Waals surface area contributed by atoms with Crippen LogP contribution in [0.4, 0.5) is 10.5 Å². The van der Waals surface area contributed by atoms with E-state index in [1.54, 1.807) is 0 Å². The fourth-order valence-corrected chi connectivity index (χ4v) is 3.61. The van der Waals surface area contributed by atoms with Crippen LogP contribution in [-0.4, -0.2) is 54.7 Å². The summed E-state index contributed by atoms with van der Waals surface area (Å²) in [4.78, 5) is 22.6. The lowest BCUT2D eigenvalue weighted by atomic mass is 10.0. The predicted molar refractivity (Wildman–Crippen MR) is 123 cm³/mol. The molecule has 0 atom stereocenters. The summed E-state index contributed by atoms with van der Waals surface area (Å²) < 4.78 is 0. The second-order valence-corrected chi connectivity index (χ2v) is 7.75. The third-order valence-corrected chi connectivity index (χ3v) is 5.35. The van der Waals surface area contributed by atoms with Crippen molar-refractivity contribution >= 4 is 18.2 Å². The van der Waals surface area contributed by atoms with Gasteiger partial charge >= 0.3 is 6.03 Å². The fourth-order valence-electron chi connectivity index (χ4n) is 3.61. The maximum Gasteiger partial charge on any atom is 0.317 e. The maximum atomic E-state index is 12.3. The highest BCUT2D eigenvalue weighted by Gasteiger charge is 2.22. The van der Waals surface area contributed by atoms with E-state index in [0.29, 0.717) is 12.6 Å². The average molecular weight is 421 g/mol. The summed E-state index contributed by atoms with van der Waals surface area (Å²) >= 11 is 0. The van der Waals surface area contributed by atoms with Gasteiger partial charge in [0, 0.05) is 31.4 Å². The van der Waals surface area contributed by atoms with Gasteiger partial charge in [-0.05, 0) is 49.9 Å². The highest BCUT2D eigenvalue weighted by atomic mass is 16.3. The molecule has 170 valence electrons. The van der Waals surface area contributed by atoms with Gasteiger partial charge in [0.25, 0.3) is 6.47 Å². The molecule has 5 N–H and O–H groups in total. The second-order valence-electron chi connectivity index (χ2n) is 7.75. The topological polar surface area (TPSA) is 108 Å². The summed E-state index contributed by atoms with van der Waals surface area (Å²) in [5.41, 5.74) is 8.03. The summed E-state index contributed by atoms with van der Waals surface area (Å²) in [6.45, 7) is 5.12. The van der Waals surface area contributed by atoms with Gasteiger partial charge in [-0.2, -0.15) is 0 Å². The molecule has 1 saturated heterocycles. The molecule has 1 aromatic rings. The molecule has 0 spiro atoms. The molecule has 0 radical (unpaired) electrons. The molecule has 2 amide bonds. The molecule has 30 heavy (non-hydrogen) atoms. The summed E-state index contributed by atoms with van der Waals surface area (Å²) in [5, 5.41) is 13.6. The molecule has 1 aromatic carbocycles. The normalized spacial score (nSPS) is 13.9. The smallest absolute Gasteiger partial charge is 0.317 e. The molecule has 0 saturated carbocycles. The molecule has 0 aromatic heterocycles. The number of anilines is 1. The number of nitrogens with zero attached hydrogens (tertiary/aromatic N) is 1. The number of carbonyl (C=O) groups is 2. The number of hydrogen-bond acceptors (Lipinski definition) is 4. The van der Waals surface area contributed by atoms with E-state index in [0.717, 1.165) is 51.0 Å². The van der Waals surface area contributed by atoms with Gasteiger partial charge in [0.05, 0.1) is 0 Å². The number of nitrogens with two attached hydrogens (primary N) is 1. The van der Waals surface area contributed by atoms with Crippen molar-refractivity contribution in [2.24, 2.45) is 5.73 Å². The van der Waals surface area contributed by atoms with Gasteiger partial charge in [0.2, 0.25) is 0 Å². The van der Waals surface area contributed by atoms with Crippen LogP contribution < -0.4 is 16.4 Å². The molecular formula is C23H40N4O3. The Bertz CT molecular complexity index is 572. The third-order valence-electron chi connectivity index (χ3n) is 5.35. The summed E-state index contributed by atoms with van der Waals surface area (Å²) in [5.74, 6) is 0. The first kappa shape index (κ1) is 25.8. The molecule has 1 aliphatic rings. The third kappa shape index (κ3) is 11.0. The number of likely N-dealkylation sites (tertiary alicyclic amines) is 1. The molecule has 0 bridgehead atoms. The van der Waals surface area contributed by atoms with Crippen LogP contribution in [-0.2, 0) is 11.2 Å². The Labute approximate surface area is 181 Å². The largest absolute Gasteiger partial charge is 0.483 e. The molecule has 1 aliphatic heterocycles. The number of amides is 2. The van der Waals surface area contributed by atoms with E-state index >= 15 is 0 Å². The van der Waals surface area contributed by atoms with Crippen molar-refractivity contribution < 1.29 is 14.7 Å². The number of unbranched alkanes of at least 4 members (excludes halogenated alkanes) is 5. The Balaban J connectivity index is 0.00000141. The lowest BCUT2D eigenvalue weighted by Crippen LogP contribution is -2.47. The van der Waals surface area contributed by atoms with E-state index in [9.17, 15) is 4.79 Å². The zero-order chi connectivity index (χ0) is 22.0. The minimum Gasteiger partial charge on any atom is -0.483 e. The Morgan fingerprint density at radius 2 is 1.73 bits per heavy atom. The first-order valence-corrected chi connectivity index (χ1v) is 11.3. The number of benzene rings is 1. The lowest BCUT2D eigenvalue weighted by molar-refractivity contribution is -0.122. The molecule has 0 unspecified atom stereocenters. The number of rotatable bonds is 11. The van der Waals surface area contributed by atoms with E-state index < -0.39 is 0 Å². The number of carbonyl (C=O) groups excluding carboxylic acids is 1. The minimum atomic E-state index is -0.250. The van der Waals surface area contributed by atoms with Gasteiger partial charge in [0.1, 0.15) is 0 Å². The van der Waals surface area contributed by atoms with Crippen LogP contribution in [0.1, 0.15) is 63.9 Å². The Morgan fingerprint density at radius 1 is 1.13 bits per heavy atom. The van der Waals surface area contributed by atoms with Crippen molar-refractivity contribution in [2.45, 2.75) is 70.8 Å². The number of urea groups is 1. The molecule has 1 heterocycles. The van der Waals surface area contributed by atoms with E-state index in [2.05, 4.69) is 41.8 Å². The summed E-state index contributed by atoms with van der Waals surface area (Å²) in [6, 6.07) is 9.08. The van der Waals surface area contributed by atoms with E-state index in [-0.39, 0.29) is 12.5 Å². The average Bonchev–Trinajstić information content (AvgIpc) is 2.76. The van der Waals surface area contributed by atoms with Crippen LogP contribution >= 0.6 is 0 Å². The van der Waals surface area contributed by atoms with Gasteiger partial charge in [-0.15, -0.1) is 0 Å². The predicted octanol–water partition coefficient (Wildman–Crippen LogP) is 3.84. The fraction of sp³-hybridized carbons (Fsp3) is 0.652. The molecule has 2 rings (SSSR count). The van der Waals surface area contributed by atoms with Crippen LogP contribution in [0.15, 0.2) is 24.3 Å². The molecule has 7 nitrogen and oxygen atoms in total. The number of piperidine rings is 1. The van der Waals surface area contributed by atoms with Crippen LogP contribution in [0, 0.1) is 0 Å². The van der Waals surface area contributed by atoms with Crippen LogP contribution in [0.3, 0.4) is 0 Å². The van der Waals surface area contributed by atoms with E-state index in [4.69, 9.17) is 15.6 Å². The summed E-state index contributed by atoms with van der Waals surface area (Å²) in [7, 11) is 0. The van der Waals surface area contributed by atoms with Crippen molar-refractivity contribution in [3.05, 3.63) is 29.8 Å². The van der Waals surface area contributed by atoms with Gasteiger partial charge < -0.3 is 26.4 Å². The first-order chi connectivity index (χ1) is 14.6. The zero-order valence-electron chi connectivity index (χ0n) is 18.4. The van der Waals surface area contributed by atoms with Crippen molar-refractivity contribution in [1.29, 1.82) is 0 Å². The van der Waals surface area contributed by atoms with Crippen LogP contribution in [0.2, 0.25) is 0 Å². The zero-order valence-corrected chi connectivity index (χ0v) is 18.4. The standard InChI is InChI=1S/C22H38N4O.CH2O2/c1-2-3-4-5-6-7-16-24-22(27)26-17-13-21(14-18-26)25-20-10-8-19(9-11-20)12-15-23;2-1-3/h8-11,21,25H,2-7,12-18,23H2,1H3,(H,24,27);1H,(H,2,3). The number of nitrogens with one attached hydrogen (secondary N) is 2. The number of carboxylic acid groups (broad SMARTS) is 1. The van der Waals surface area contributed by atoms with Crippen molar-refractivity contribution in [3.8, 4) is 0 Å². The first-order valence-electron chi connectivity index (χ1n) is 11.3. The highest BCUT2D eigenvalue weighted by molar-refractivity contribution is 5.74. The van der Waals surface area contributed by atoms with Crippen LogP contribution in [0.25, 0.3) is 0 Å². The van der Waals surface area contributed by atoms with Crippen molar-refractivity contribution in [1.82, 2.24) is 10.2 Å². The molecule has 0 aliphatic carbocycles. The molecule has 1 fully saturated rings. The van der Waals surface area contributed by atoms with E-state index in [1.165, 1.54) is 37.7 Å². The molecular weight excluding hydrogens is 380 g/mol. The maximum absolute atomic E-state index is 12.3. The van der Waals surface area contributed by atoms with Crippen LogP contribution in [0.5, 0.6) is 0 Å². The summed E-state index contributed by atoms with van der Waals surface area (Å²) in [6.07, 6.45) is 10.4. The van der Waals surface area contributed by atoms with E-state index in [1.807, 2.05) is 4.90 Å². The Hall–Kier alpha value is -2.28. The SMILES string of the molecule is CCCCCCCCNC(=O)N1CCC(Nc2ccc(CCN)cc2)CC1.O=CO. The number of hydrogen-bond donors (Lipinski definition) is 4. The van der Waals surface area contributed by atoms with Gasteiger partial charge in [0.15, 0.2) is 0 Å². The van der Waals surface area contributed by atoms with Gasteiger partial charge in [-0.25, -0.2) is 4.79 Å². The van der Waals surface area contributed by atoms with Gasteiger partial charge in [-0.1, -0.05) is 51.2 Å². The molecule has 7 heteroatoms. The quantitative estimate of drug-likeness (QED) is 0.321. The van der Waals surface area contributed by atoms with Crippen molar-refractivity contribution in [3.63, 3.8) is 0 Å².